The Morgan fingerprint density at radius 2 is 0.907 bits per heavy atom. The van der Waals surface area contributed by atoms with Gasteiger partial charge in [-0.1, -0.05) is 115 Å². The second-order valence-corrected chi connectivity index (χ2v) is 15.6. The fourth-order valence-electron chi connectivity index (χ4n) is 5.95. The lowest BCUT2D eigenvalue weighted by molar-refractivity contribution is -2.00. The highest BCUT2D eigenvalue weighted by atomic mass is 35.7. The van der Waals surface area contributed by atoms with Gasteiger partial charge in [0.2, 0.25) is 0 Å². The number of hydrogen-bond donors (Lipinski definition) is 2. The van der Waals surface area contributed by atoms with E-state index in [0.717, 1.165) is 21.5 Å². The highest BCUT2D eigenvalue weighted by molar-refractivity contribution is 8.03. The van der Waals surface area contributed by atoms with Crippen LogP contribution in [0, 0.1) is 10.2 Å². The molecule has 0 heterocycles. The summed E-state index contributed by atoms with van der Waals surface area (Å²) in [5.74, 6) is -1.64. The molecule has 0 spiro atoms. The standard InChI is InChI=1S/C42H33N2O4P.ClHO4/c1-48-42(47)36-29-17-18-30-37(36)43-41(46)38(44-40(45)32-21-9-3-10-22-32)39(31-19-7-2-8-20-31)49(33-23-11-4-12-24-33,34-25-13-5-14-26-34)35-27-15-6-16-28-35;2-1(3,4)5/h2-30H,1H3,(H-,43,44,45,46,47);(H,2,3,4,5)/b39-38-;. The quantitative estimate of drug-likeness (QED) is 0.122. The van der Waals surface area contributed by atoms with E-state index in [0.29, 0.717) is 10.9 Å². The van der Waals surface area contributed by atoms with Gasteiger partial charge < -0.3 is 15.4 Å². The Bertz CT molecular complexity index is 2100. The van der Waals surface area contributed by atoms with Crippen LogP contribution in [0.1, 0.15) is 26.3 Å². The largest absolute Gasteiger partial charge is 0.465 e. The highest BCUT2D eigenvalue weighted by Gasteiger charge is 2.53. The minimum Gasteiger partial charge on any atom is -0.465 e. The zero-order chi connectivity index (χ0) is 38.6. The van der Waals surface area contributed by atoms with Crippen LogP contribution >= 0.6 is 7.26 Å². The second-order valence-electron chi connectivity index (χ2n) is 11.5. The number of halogens is 1. The maximum absolute atomic E-state index is 15.0. The smallest absolute Gasteiger partial charge is 0.339 e. The summed E-state index contributed by atoms with van der Waals surface area (Å²) in [6.07, 6.45) is 0. The first-order chi connectivity index (χ1) is 26.0. The third kappa shape index (κ3) is 9.52. The molecule has 6 aromatic rings. The van der Waals surface area contributed by atoms with Crippen LogP contribution in [0.3, 0.4) is 0 Å². The van der Waals surface area contributed by atoms with E-state index in [-0.39, 0.29) is 16.9 Å². The summed E-state index contributed by atoms with van der Waals surface area (Å²) < 4.78 is 39.0. The monoisotopic (exact) mass is 760 g/mol. The molecule has 6 aromatic carbocycles. The number of para-hydroxylation sites is 1. The minimum atomic E-state index is -4.94. The Labute approximate surface area is 315 Å². The zero-order valence-corrected chi connectivity index (χ0v) is 30.5. The maximum atomic E-state index is 15.0. The molecule has 54 heavy (non-hydrogen) atoms. The molecule has 0 aliphatic heterocycles. The van der Waals surface area contributed by atoms with Crippen LogP contribution in [0.25, 0.3) is 5.31 Å². The molecule has 272 valence electrons. The van der Waals surface area contributed by atoms with Gasteiger partial charge in [0.1, 0.15) is 28.5 Å². The van der Waals surface area contributed by atoms with Crippen molar-refractivity contribution < 1.29 is 48.0 Å². The number of methoxy groups -OCH3 is 1. The van der Waals surface area contributed by atoms with Gasteiger partial charge in [-0.05, 0) is 60.7 Å². The van der Waals surface area contributed by atoms with Gasteiger partial charge in [0.25, 0.3) is 11.8 Å². The van der Waals surface area contributed by atoms with E-state index in [1.54, 1.807) is 48.5 Å². The normalized spacial score (nSPS) is 11.6. The molecule has 0 bridgehead atoms. The van der Waals surface area contributed by atoms with E-state index in [4.69, 9.17) is 23.4 Å². The molecule has 6 rings (SSSR count). The van der Waals surface area contributed by atoms with E-state index in [2.05, 4.69) is 47.0 Å². The van der Waals surface area contributed by atoms with Crippen molar-refractivity contribution in [3.05, 3.63) is 198 Å². The van der Waals surface area contributed by atoms with Gasteiger partial charge in [-0.2, -0.15) is 0 Å². The van der Waals surface area contributed by atoms with Crippen molar-refractivity contribution in [1.82, 2.24) is 5.32 Å². The SMILES string of the molecule is COC(=O)c1ccccc1NC(=O)/C(NC(=O)c1ccccc1)=C(\c1ccccc1)[P+](c1ccccc1)(c1ccccc1)c1ccccc1.[O-][Cl+3]([O-])([O-])[O-]. The predicted octanol–water partition coefficient (Wildman–Crippen LogP) is 2.45. The maximum Gasteiger partial charge on any atom is 0.339 e. The lowest BCUT2D eigenvalue weighted by Crippen LogP contribution is -2.68. The van der Waals surface area contributed by atoms with Gasteiger partial charge in [-0.25, -0.2) is 23.4 Å². The number of carbonyl (C=O) groups is 3. The van der Waals surface area contributed by atoms with Crippen LogP contribution in [-0.2, 0) is 9.53 Å². The van der Waals surface area contributed by atoms with Gasteiger partial charge in [0.05, 0.1) is 18.4 Å². The number of hydrogen-bond acceptors (Lipinski definition) is 8. The van der Waals surface area contributed by atoms with Gasteiger partial charge in [-0.3, -0.25) is 9.59 Å². The van der Waals surface area contributed by atoms with Gasteiger partial charge in [0.15, 0.2) is 5.70 Å². The Balaban J connectivity index is 0.00000105. The fraction of sp³-hybridized carbons (Fsp3) is 0.0238. The van der Waals surface area contributed by atoms with Crippen LogP contribution in [0.2, 0.25) is 0 Å². The van der Waals surface area contributed by atoms with Crippen LogP contribution < -0.4 is 45.2 Å². The molecule has 0 saturated heterocycles. The number of ether oxygens (including phenoxy) is 1. The van der Waals surface area contributed by atoms with Crippen molar-refractivity contribution in [3.8, 4) is 0 Å². The topological polar surface area (TPSA) is 177 Å². The Morgan fingerprint density at radius 3 is 1.33 bits per heavy atom. The van der Waals surface area contributed by atoms with Crippen LogP contribution in [0.4, 0.5) is 5.69 Å². The third-order valence-corrected chi connectivity index (χ3v) is 12.5. The van der Waals surface area contributed by atoms with Crippen molar-refractivity contribution in [3.63, 3.8) is 0 Å². The third-order valence-electron chi connectivity index (χ3n) is 8.13. The molecule has 0 aromatic heterocycles. The van der Waals surface area contributed by atoms with Gasteiger partial charge >= 0.3 is 5.97 Å². The lowest BCUT2D eigenvalue weighted by atomic mass is 10.1. The van der Waals surface area contributed by atoms with Gasteiger partial charge in [-0.15, -0.1) is 10.2 Å². The summed E-state index contributed by atoms with van der Waals surface area (Å²) in [5.41, 5.74) is 1.64. The first-order valence-corrected chi connectivity index (χ1v) is 19.4. The highest BCUT2D eigenvalue weighted by Crippen LogP contribution is 2.67. The predicted molar refractivity (Wildman–Crippen MR) is 199 cm³/mol. The molecule has 0 fully saturated rings. The average Bonchev–Trinajstić information content (AvgIpc) is 3.20. The van der Waals surface area contributed by atoms with Crippen molar-refractivity contribution >= 4 is 52.0 Å². The molecule has 2 N–H and O–H groups in total. The lowest BCUT2D eigenvalue weighted by Gasteiger charge is -2.31. The molecule has 0 unspecified atom stereocenters. The van der Waals surface area contributed by atoms with E-state index >= 15 is 0 Å². The number of amides is 2. The fourth-order valence-corrected chi connectivity index (χ4v) is 10.5. The number of anilines is 1. The molecule has 0 aliphatic rings. The first-order valence-electron chi connectivity index (χ1n) is 16.4. The molecule has 12 heteroatoms. The molecule has 0 atom stereocenters. The molecule has 10 nitrogen and oxygen atoms in total. The van der Waals surface area contributed by atoms with Crippen molar-refractivity contribution in [1.29, 1.82) is 0 Å². The number of benzene rings is 6. The summed E-state index contributed by atoms with van der Waals surface area (Å²) in [7, 11) is -6.63. The van der Waals surface area contributed by atoms with Crippen molar-refractivity contribution in [2.45, 2.75) is 0 Å². The molecule has 0 aliphatic carbocycles. The van der Waals surface area contributed by atoms with E-state index in [1.165, 1.54) is 7.11 Å². The zero-order valence-electron chi connectivity index (χ0n) is 28.8. The summed E-state index contributed by atoms with van der Waals surface area (Å²) >= 11 is 0. The Kier molecular flexibility index (Phi) is 13.2. The number of carbonyl (C=O) groups excluding carboxylic acids is 3. The summed E-state index contributed by atoms with van der Waals surface area (Å²) in [6.45, 7) is 0. The van der Waals surface area contributed by atoms with Crippen LogP contribution in [-0.4, -0.2) is 24.9 Å². The Hall–Kier alpha value is -5.97. The van der Waals surface area contributed by atoms with Crippen molar-refractivity contribution in [2.75, 3.05) is 12.4 Å². The van der Waals surface area contributed by atoms with Crippen LogP contribution in [0.15, 0.2) is 182 Å². The van der Waals surface area contributed by atoms with Crippen LogP contribution in [0.5, 0.6) is 0 Å². The number of rotatable bonds is 10. The minimum absolute atomic E-state index is 0.0598. The summed E-state index contributed by atoms with van der Waals surface area (Å²) in [5, 5.41) is 9.64. The van der Waals surface area contributed by atoms with E-state index in [1.807, 2.05) is 91.0 Å². The van der Waals surface area contributed by atoms with Crippen molar-refractivity contribution in [2.24, 2.45) is 0 Å². The molecular formula is C42H34ClN2O8P. The number of nitrogens with one attached hydrogen (secondary N) is 2. The summed E-state index contributed by atoms with van der Waals surface area (Å²) in [4.78, 5) is 41.9. The Morgan fingerprint density at radius 1 is 0.537 bits per heavy atom. The average molecular weight is 761 g/mol. The first kappa shape index (κ1) is 39.2. The molecule has 0 radical (unpaired) electrons. The molecule has 2 amide bonds. The van der Waals surface area contributed by atoms with Gasteiger partial charge in [0, 0.05) is 11.1 Å². The summed E-state index contributed by atoms with van der Waals surface area (Å²) in [6, 6.07) is 55.5. The molecular weight excluding hydrogens is 727 g/mol. The molecule has 0 saturated carbocycles. The van der Waals surface area contributed by atoms with E-state index < -0.39 is 35.3 Å². The number of esters is 1. The second kappa shape index (κ2) is 18.2. The van der Waals surface area contributed by atoms with E-state index in [9.17, 15) is 14.4 Å².